The molecular weight excluding hydrogens is 350 g/mol. The smallest absolute Gasteiger partial charge is 0.258 e. The van der Waals surface area contributed by atoms with Crippen molar-refractivity contribution in [2.75, 3.05) is 5.32 Å². The lowest BCUT2D eigenvalue weighted by atomic mass is 10.2. The molecule has 4 rings (SSSR count). The molecule has 0 atom stereocenters. The maximum Gasteiger partial charge on any atom is 0.258 e. The Labute approximate surface area is 154 Å². The van der Waals surface area contributed by atoms with Gasteiger partial charge in [-0.15, -0.1) is 0 Å². The molecule has 1 N–H and O–H groups in total. The summed E-state index contributed by atoms with van der Waals surface area (Å²) in [5, 5.41) is 8.33. The molecule has 0 saturated carbocycles. The van der Waals surface area contributed by atoms with E-state index in [0.717, 1.165) is 5.69 Å². The van der Waals surface area contributed by atoms with Crippen molar-refractivity contribution in [1.82, 2.24) is 19.7 Å². The van der Waals surface area contributed by atoms with Crippen LogP contribution in [-0.4, -0.2) is 25.7 Å². The van der Waals surface area contributed by atoms with Crippen LogP contribution in [0.1, 0.15) is 16.1 Å². The second kappa shape index (κ2) is 6.57. The second-order valence-corrected chi connectivity index (χ2v) is 6.09. The molecule has 4 aromatic rings. The topological polar surface area (TPSA) is 72.7 Å². The summed E-state index contributed by atoms with van der Waals surface area (Å²) in [6, 6.07) is 13.1. The van der Waals surface area contributed by atoms with Crippen molar-refractivity contribution < 1.29 is 4.79 Å². The number of halogens is 1. The van der Waals surface area contributed by atoms with Gasteiger partial charge >= 0.3 is 0 Å². The molecule has 0 aliphatic carbocycles. The maximum absolute atomic E-state index is 12.6. The van der Waals surface area contributed by atoms with E-state index in [2.05, 4.69) is 20.4 Å². The van der Waals surface area contributed by atoms with Crippen LogP contribution < -0.4 is 5.32 Å². The van der Waals surface area contributed by atoms with E-state index in [0.29, 0.717) is 33.0 Å². The third kappa shape index (κ3) is 2.80. The quantitative estimate of drug-likeness (QED) is 0.596. The van der Waals surface area contributed by atoms with Gasteiger partial charge in [-0.05, 0) is 31.2 Å². The molecular formula is C19H14ClN5O. The van der Waals surface area contributed by atoms with E-state index >= 15 is 0 Å². The Morgan fingerprint density at radius 1 is 1.12 bits per heavy atom. The summed E-state index contributed by atoms with van der Waals surface area (Å²) < 4.78 is 1.72. The molecule has 128 valence electrons. The van der Waals surface area contributed by atoms with Gasteiger partial charge in [0.25, 0.3) is 5.91 Å². The number of carbonyl (C=O) groups excluding carboxylic acids is 1. The maximum atomic E-state index is 12.6. The molecule has 26 heavy (non-hydrogen) atoms. The zero-order valence-electron chi connectivity index (χ0n) is 13.8. The molecule has 3 heterocycles. The number of hydrogen-bond acceptors (Lipinski definition) is 4. The second-order valence-electron chi connectivity index (χ2n) is 5.71. The minimum Gasteiger partial charge on any atom is -0.322 e. The van der Waals surface area contributed by atoms with Crippen molar-refractivity contribution in [2.24, 2.45) is 0 Å². The fourth-order valence-corrected chi connectivity index (χ4v) is 3.11. The Morgan fingerprint density at radius 2 is 1.85 bits per heavy atom. The summed E-state index contributed by atoms with van der Waals surface area (Å²) in [5.74, 6) is -0.331. The first-order valence-electron chi connectivity index (χ1n) is 7.96. The average molecular weight is 364 g/mol. The fourth-order valence-electron chi connectivity index (χ4n) is 2.75. The zero-order chi connectivity index (χ0) is 18.1. The Morgan fingerprint density at radius 3 is 2.58 bits per heavy atom. The summed E-state index contributed by atoms with van der Waals surface area (Å²) >= 11 is 6.54. The fraction of sp³-hybridized carbons (Fsp3) is 0.0526. The van der Waals surface area contributed by atoms with Crippen LogP contribution in [0.25, 0.3) is 16.7 Å². The number of aromatic nitrogens is 4. The van der Waals surface area contributed by atoms with Gasteiger partial charge in [0.2, 0.25) is 0 Å². The van der Waals surface area contributed by atoms with Crippen LogP contribution in [0.15, 0.2) is 61.1 Å². The minimum absolute atomic E-state index is 0.298. The van der Waals surface area contributed by atoms with Crippen LogP contribution in [0.2, 0.25) is 5.02 Å². The van der Waals surface area contributed by atoms with E-state index < -0.39 is 0 Å². The highest BCUT2D eigenvalue weighted by atomic mass is 35.5. The third-order valence-electron chi connectivity index (χ3n) is 3.99. The summed E-state index contributed by atoms with van der Waals surface area (Å²) in [6.07, 6.45) is 4.68. The third-order valence-corrected chi connectivity index (χ3v) is 4.38. The molecule has 0 unspecified atom stereocenters. The lowest BCUT2D eigenvalue weighted by molar-refractivity contribution is 0.102. The van der Waals surface area contributed by atoms with Gasteiger partial charge in [0.1, 0.15) is 0 Å². The number of aryl methyl sites for hydroxylation is 1. The number of nitrogens with one attached hydrogen (secondary N) is 1. The van der Waals surface area contributed by atoms with E-state index in [1.165, 1.54) is 6.20 Å². The lowest BCUT2D eigenvalue weighted by Crippen LogP contribution is -2.13. The molecule has 0 aliphatic heterocycles. The monoisotopic (exact) mass is 363 g/mol. The van der Waals surface area contributed by atoms with Gasteiger partial charge in [-0.1, -0.05) is 29.8 Å². The molecule has 0 radical (unpaired) electrons. The van der Waals surface area contributed by atoms with E-state index in [4.69, 9.17) is 11.6 Å². The van der Waals surface area contributed by atoms with Crippen LogP contribution in [0.5, 0.6) is 0 Å². The number of carbonyl (C=O) groups is 1. The van der Waals surface area contributed by atoms with Gasteiger partial charge in [0.05, 0.1) is 27.4 Å². The molecule has 0 bridgehead atoms. The number of fused-ring (bicyclic) bond motifs is 1. The number of nitrogens with zero attached hydrogens (tertiary/aromatic N) is 4. The Hall–Kier alpha value is -3.25. The van der Waals surface area contributed by atoms with Gasteiger partial charge in [0.15, 0.2) is 5.65 Å². The Balaban J connectivity index is 1.78. The van der Waals surface area contributed by atoms with Crippen molar-refractivity contribution in [1.29, 1.82) is 0 Å². The number of para-hydroxylation sites is 1. The van der Waals surface area contributed by atoms with Crippen LogP contribution in [0.4, 0.5) is 5.69 Å². The number of amides is 1. The van der Waals surface area contributed by atoms with Crippen LogP contribution in [0.3, 0.4) is 0 Å². The normalized spacial score (nSPS) is 10.8. The minimum atomic E-state index is -0.331. The first kappa shape index (κ1) is 16.2. The molecule has 0 spiro atoms. The van der Waals surface area contributed by atoms with Crippen LogP contribution in [-0.2, 0) is 0 Å². The number of hydrogen-bond donors (Lipinski definition) is 1. The van der Waals surface area contributed by atoms with Crippen molar-refractivity contribution in [3.05, 3.63) is 77.3 Å². The molecule has 1 amide bonds. The van der Waals surface area contributed by atoms with E-state index in [-0.39, 0.29) is 5.91 Å². The van der Waals surface area contributed by atoms with Gasteiger partial charge in [-0.25, -0.2) is 9.67 Å². The highest BCUT2D eigenvalue weighted by Gasteiger charge is 2.20. The highest BCUT2D eigenvalue weighted by molar-refractivity contribution is 6.39. The Bertz CT molecular complexity index is 1090. The Kier molecular flexibility index (Phi) is 4.10. The van der Waals surface area contributed by atoms with Gasteiger partial charge < -0.3 is 5.32 Å². The molecule has 1 aromatic carbocycles. The molecule has 3 aromatic heterocycles. The molecule has 0 fully saturated rings. The summed E-state index contributed by atoms with van der Waals surface area (Å²) in [6.45, 7) is 1.85. The number of benzene rings is 1. The van der Waals surface area contributed by atoms with Gasteiger partial charge in [-0.2, -0.15) is 5.10 Å². The van der Waals surface area contributed by atoms with E-state index in [9.17, 15) is 4.79 Å². The molecule has 0 aliphatic rings. The standard InChI is InChI=1S/C19H14ClN5O/c1-12-16-17(20)15(19(26)23-13-7-9-21-10-8-13)11-22-18(16)25(24-12)14-5-3-2-4-6-14/h2-11H,1H3,(H,21,23,26). The largest absolute Gasteiger partial charge is 0.322 e. The zero-order valence-corrected chi connectivity index (χ0v) is 14.6. The summed E-state index contributed by atoms with van der Waals surface area (Å²) in [4.78, 5) is 21.0. The van der Waals surface area contributed by atoms with E-state index in [1.807, 2.05) is 37.3 Å². The van der Waals surface area contributed by atoms with Crippen molar-refractivity contribution in [3.63, 3.8) is 0 Å². The van der Waals surface area contributed by atoms with Crippen molar-refractivity contribution in [2.45, 2.75) is 6.92 Å². The average Bonchev–Trinajstić information content (AvgIpc) is 3.01. The van der Waals surface area contributed by atoms with Crippen LogP contribution >= 0.6 is 11.6 Å². The van der Waals surface area contributed by atoms with Gasteiger partial charge in [-0.3, -0.25) is 9.78 Å². The number of rotatable bonds is 3. The summed E-state index contributed by atoms with van der Waals surface area (Å²) in [7, 11) is 0. The molecule has 0 saturated heterocycles. The van der Waals surface area contributed by atoms with E-state index in [1.54, 1.807) is 29.2 Å². The lowest BCUT2D eigenvalue weighted by Gasteiger charge is -2.08. The van der Waals surface area contributed by atoms with Gasteiger partial charge in [0, 0.05) is 24.3 Å². The highest BCUT2D eigenvalue weighted by Crippen LogP contribution is 2.30. The summed E-state index contributed by atoms with van der Waals surface area (Å²) in [5.41, 5.74) is 3.13. The SMILES string of the molecule is Cc1nn(-c2ccccc2)c2ncc(C(=O)Nc3ccncc3)c(Cl)c12. The number of pyridine rings is 2. The van der Waals surface area contributed by atoms with Crippen molar-refractivity contribution in [3.8, 4) is 5.69 Å². The molecule has 7 heteroatoms. The van der Waals surface area contributed by atoms with Crippen molar-refractivity contribution >= 4 is 34.2 Å². The molecule has 6 nitrogen and oxygen atoms in total. The predicted octanol–water partition coefficient (Wildman–Crippen LogP) is 4.03. The van der Waals surface area contributed by atoms with Crippen LogP contribution in [0, 0.1) is 6.92 Å². The number of anilines is 1. The first-order chi connectivity index (χ1) is 12.6. The predicted molar refractivity (Wildman–Crippen MR) is 101 cm³/mol. The first-order valence-corrected chi connectivity index (χ1v) is 8.33.